The molecule has 0 radical (unpaired) electrons. The predicted molar refractivity (Wildman–Crippen MR) is 287 cm³/mol. The monoisotopic (exact) mass is 874 g/mol. The molecular formula is C62H38N2S2. The Hall–Kier alpha value is -8.02. The lowest BCUT2D eigenvalue weighted by Gasteiger charge is -2.28. The van der Waals surface area contributed by atoms with Gasteiger partial charge in [-0.15, -0.1) is 22.7 Å². The Morgan fingerprint density at radius 3 is 1.82 bits per heavy atom. The van der Waals surface area contributed by atoms with E-state index in [1.165, 1.54) is 117 Å². The van der Waals surface area contributed by atoms with Gasteiger partial charge in [-0.3, -0.25) is 0 Å². The second-order valence-corrected chi connectivity index (χ2v) is 19.4. The summed E-state index contributed by atoms with van der Waals surface area (Å²) in [5.41, 5.74) is 11.8. The average Bonchev–Trinajstić information content (AvgIpc) is 4.06. The zero-order chi connectivity index (χ0) is 43.3. The first-order valence-corrected chi connectivity index (χ1v) is 24.1. The minimum Gasteiger partial charge on any atom is -0.309 e. The molecule has 0 aliphatic carbocycles. The van der Waals surface area contributed by atoms with E-state index in [1.807, 2.05) is 22.7 Å². The maximum atomic E-state index is 2.55. The third-order valence-electron chi connectivity index (χ3n) is 13.5. The van der Waals surface area contributed by atoms with Gasteiger partial charge in [-0.2, -0.15) is 0 Å². The van der Waals surface area contributed by atoms with Crippen molar-refractivity contribution in [2.75, 3.05) is 4.90 Å². The molecule has 2 nitrogen and oxygen atoms in total. The molecule has 3 heterocycles. The lowest BCUT2D eigenvalue weighted by molar-refractivity contribution is 1.20. The molecule has 11 aromatic carbocycles. The lowest BCUT2D eigenvalue weighted by Crippen LogP contribution is -2.11. The highest BCUT2D eigenvalue weighted by Gasteiger charge is 2.24. The lowest BCUT2D eigenvalue weighted by atomic mass is 9.98. The highest BCUT2D eigenvalue weighted by molar-refractivity contribution is 7.26. The molecule has 3 aromatic heterocycles. The highest BCUT2D eigenvalue weighted by Crippen LogP contribution is 2.51. The van der Waals surface area contributed by atoms with Gasteiger partial charge in [0.25, 0.3) is 0 Å². The summed E-state index contributed by atoms with van der Waals surface area (Å²) in [5, 5.41) is 12.6. The number of rotatable bonds is 6. The molecule has 0 atom stereocenters. The first kappa shape index (κ1) is 37.4. The number of benzene rings is 11. The molecule has 4 heteroatoms. The number of aromatic nitrogens is 1. The fourth-order valence-corrected chi connectivity index (χ4v) is 12.9. The molecule has 14 aromatic rings. The van der Waals surface area contributed by atoms with Gasteiger partial charge in [-0.1, -0.05) is 164 Å². The van der Waals surface area contributed by atoms with E-state index in [-0.39, 0.29) is 0 Å². The third kappa shape index (κ3) is 5.72. The van der Waals surface area contributed by atoms with Crippen LogP contribution in [0.4, 0.5) is 17.1 Å². The summed E-state index contributed by atoms with van der Waals surface area (Å²) in [5.74, 6) is 0. The van der Waals surface area contributed by atoms with Gasteiger partial charge in [-0.05, 0) is 105 Å². The fourth-order valence-electron chi connectivity index (χ4n) is 10.6. The predicted octanol–water partition coefficient (Wildman–Crippen LogP) is 18.6. The van der Waals surface area contributed by atoms with E-state index in [2.05, 4.69) is 240 Å². The maximum absolute atomic E-state index is 2.55. The van der Waals surface area contributed by atoms with E-state index >= 15 is 0 Å². The Morgan fingerprint density at radius 1 is 0.318 bits per heavy atom. The van der Waals surface area contributed by atoms with Crippen LogP contribution in [0.25, 0.3) is 112 Å². The van der Waals surface area contributed by atoms with Crippen molar-refractivity contribution in [3.05, 3.63) is 231 Å². The number of para-hydroxylation sites is 1. The largest absolute Gasteiger partial charge is 0.309 e. The first-order valence-electron chi connectivity index (χ1n) is 22.5. The van der Waals surface area contributed by atoms with Crippen LogP contribution >= 0.6 is 22.7 Å². The zero-order valence-electron chi connectivity index (χ0n) is 35.7. The van der Waals surface area contributed by atoms with Gasteiger partial charge < -0.3 is 9.47 Å². The number of hydrogen-bond donors (Lipinski definition) is 0. The van der Waals surface area contributed by atoms with Crippen LogP contribution in [0.2, 0.25) is 0 Å². The topological polar surface area (TPSA) is 8.17 Å². The molecule has 0 aliphatic rings. The molecule has 0 saturated heterocycles. The normalized spacial score (nSPS) is 11.9. The van der Waals surface area contributed by atoms with Crippen LogP contribution in [-0.2, 0) is 0 Å². The third-order valence-corrected chi connectivity index (χ3v) is 15.9. The number of nitrogens with zero attached hydrogens (tertiary/aromatic N) is 2. The van der Waals surface area contributed by atoms with Crippen LogP contribution in [0.3, 0.4) is 0 Å². The van der Waals surface area contributed by atoms with E-state index in [9.17, 15) is 0 Å². The van der Waals surface area contributed by atoms with Crippen molar-refractivity contribution in [2.24, 2.45) is 0 Å². The van der Waals surface area contributed by atoms with Gasteiger partial charge in [0, 0.05) is 57.5 Å². The standard InChI is InChI=1S/C62H38N2S2/c1-2-16-39(17-3-1)40-19-14-20-44(34-40)63(54-28-15-31-60-61(54)51-26-10-13-30-59(51)65-60)57-38-43(35-52-50-25-9-12-29-58(50)66-62(52)57)41-32-33-49-48-24-8-11-27-53(48)64(55(49)36-41)56-37-42-18-4-5-21-45(42)46-22-6-7-23-47(46)56/h1-38H. The maximum Gasteiger partial charge on any atom is 0.0646 e. The fraction of sp³-hybridized carbons (Fsp3) is 0. The van der Waals surface area contributed by atoms with Crippen LogP contribution in [0.15, 0.2) is 231 Å². The number of fused-ring (bicyclic) bond motifs is 12. The molecule has 0 aliphatic heterocycles. The molecule has 66 heavy (non-hydrogen) atoms. The summed E-state index contributed by atoms with van der Waals surface area (Å²) < 4.78 is 7.62. The van der Waals surface area contributed by atoms with Crippen LogP contribution in [0.5, 0.6) is 0 Å². The molecule has 308 valence electrons. The SMILES string of the molecule is c1ccc(-c2cccc(N(c3cc(-c4ccc5c6ccccc6n(-c6cc7ccccc7c7ccccc67)c5c4)cc4c3sc3ccccc34)c3cccc4sc5ccccc5c34)c2)cc1. The number of anilines is 3. The summed E-state index contributed by atoms with van der Waals surface area (Å²) in [6, 6.07) is 85.4. The van der Waals surface area contributed by atoms with Gasteiger partial charge in [0.2, 0.25) is 0 Å². The summed E-state index contributed by atoms with van der Waals surface area (Å²) >= 11 is 3.75. The summed E-state index contributed by atoms with van der Waals surface area (Å²) in [6.45, 7) is 0. The van der Waals surface area contributed by atoms with Gasteiger partial charge >= 0.3 is 0 Å². The van der Waals surface area contributed by atoms with Crippen molar-refractivity contribution in [3.8, 4) is 27.9 Å². The second kappa shape index (κ2) is 14.8. The van der Waals surface area contributed by atoms with Crippen molar-refractivity contribution >= 4 is 123 Å². The van der Waals surface area contributed by atoms with Gasteiger partial charge in [0.05, 0.1) is 32.8 Å². The van der Waals surface area contributed by atoms with Crippen molar-refractivity contribution in [1.29, 1.82) is 0 Å². The van der Waals surface area contributed by atoms with Crippen molar-refractivity contribution in [1.82, 2.24) is 4.57 Å². The summed E-state index contributed by atoms with van der Waals surface area (Å²) in [6.07, 6.45) is 0. The molecular weight excluding hydrogens is 837 g/mol. The van der Waals surface area contributed by atoms with Crippen LogP contribution in [0, 0.1) is 0 Å². The smallest absolute Gasteiger partial charge is 0.0646 e. The van der Waals surface area contributed by atoms with Crippen LogP contribution in [0.1, 0.15) is 0 Å². The van der Waals surface area contributed by atoms with E-state index in [0.29, 0.717) is 0 Å². The molecule has 14 rings (SSSR count). The minimum atomic E-state index is 1.12. The zero-order valence-corrected chi connectivity index (χ0v) is 37.3. The van der Waals surface area contributed by atoms with Gasteiger partial charge in [-0.25, -0.2) is 0 Å². The van der Waals surface area contributed by atoms with Crippen LogP contribution in [-0.4, -0.2) is 4.57 Å². The average molecular weight is 875 g/mol. The van der Waals surface area contributed by atoms with E-state index in [0.717, 1.165) is 11.4 Å². The minimum absolute atomic E-state index is 1.12. The Balaban J connectivity index is 1.07. The molecule has 0 N–H and O–H groups in total. The Labute approximate surface area is 389 Å². The molecule has 0 amide bonds. The Morgan fingerprint density at radius 2 is 0.955 bits per heavy atom. The molecule has 0 spiro atoms. The van der Waals surface area contributed by atoms with Crippen molar-refractivity contribution in [3.63, 3.8) is 0 Å². The van der Waals surface area contributed by atoms with Crippen molar-refractivity contribution in [2.45, 2.75) is 0 Å². The number of thiophene rings is 2. The molecule has 0 unspecified atom stereocenters. The van der Waals surface area contributed by atoms with Crippen molar-refractivity contribution < 1.29 is 0 Å². The molecule has 0 fully saturated rings. The number of hydrogen-bond acceptors (Lipinski definition) is 3. The Bertz CT molecular complexity index is 4250. The second-order valence-electron chi connectivity index (χ2n) is 17.2. The highest BCUT2D eigenvalue weighted by atomic mass is 32.1. The van der Waals surface area contributed by atoms with Crippen LogP contribution < -0.4 is 4.90 Å². The Kier molecular flexibility index (Phi) is 8.36. The van der Waals surface area contributed by atoms with E-state index in [1.54, 1.807) is 0 Å². The van der Waals surface area contributed by atoms with E-state index in [4.69, 9.17) is 0 Å². The first-order chi connectivity index (χ1) is 32.7. The summed E-state index contributed by atoms with van der Waals surface area (Å²) in [7, 11) is 0. The quantitative estimate of drug-likeness (QED) is 0.151. The van der Waals surface area contributed by atoms with Gasteiger partial charge in [0.15, 0.2) is 0 Å². The van der Waals surface area contributed by atoms with Gasteiger partial charge in [0.1, 0.15) is 0 Å². The summed E-state index contributed by atoms with van der Waals surface area (Å²) in [4.78, 5) is 2.55. The molecule has 0 bridgehead atoms. The molecule has 0 saturated carbocycles. The van der Waals surface area contributed by atoms with E-state index < -0.39 is 0 Å².